The molecule has 0 N–H and O–H groups in total. The number of hydrogen-bond acceptors (Lipinski definition) is 3. The van der Waals surface area contributed by atoms with Crippen LogP contribution in [-0.4, -0.2) is 22.3 Å². The Balaban J connectivity index is 2.47. The summed E-state index contributed by atoms with van der Waals surface area (Å²) in [5, 5.41) is 4.50. The van der Waals surface area contributed by atoms with Gasteiger partial charge in [-0.3, -0.25) is 9.48 Å². The van der Waals surface area contributed by atoms with E-state index in [1.54, 1.807) is 12.3 Å². The molecule has 0 aliphatic heterocycles. The minimum atomic E-state index is -0.283. The van der Waals surface area contributed by atoms with Crippen LogP contribution in [0.25, 0.3) is 11.3 Å². The van der Waals surface area contributed by atoms with Crippen molar-refractivity contribution in [2.24, 2.45) is 0 Å². The number of halogens is 1. The third-order valence-corrected chi connectivity index (χ3v) is 4.40. The van der Waals surface area contributed by atoms with Crippen molar-refractivity contribution in [1.29, 1.82) is 0 Å². The predicted octanol–water partition coefficient (Wildman–Crippen LogP) is 4.58. The number of nitrogens with zero attached hydrogens (tertiary/aromatic N) is 2. The van der Waals surface area contributed by atoms with Crippen molar-refractivity contribution in [1.82, 2.24) is 9.78 Å². The van der Waals surface area contributed by atoms with E-state index < -0.39 is 0 Å². The Labute approximate surface area is 128 Å². The lowest BCUT2D eigenvalue weighted by Gasteiger charge is -2.12. The Bertz CT molecular complexity index is 635. The maximum atomic E-state index is 13.9. The van der Waals surface area contributed by atoms with E-state index in [0.717, 1.165) is 19.1 Å². The number of hydrogen-bond donors (Lipinski definition) is 0. The van der Waals surface area contributed by atoms with E-state index >= 15 is 0 Å². The van der Waals surface area contributed by atoms with Gasteiger partial charge >= 0.3 is 0 Å². The minimum Gasteiger partial charge on any atom is -0.298 e. The van der Waals surface area contributed by atoms with Gasteiger partial charge in [0.15, 0.2) is 6.29 Å². The van der Waals surface area contributed by atoms with Crippen LogP contribution in [0.2, 0.25) is 0 Å². The Morgan fingerprint density at radius 1 is 1.38 bits per heavy atom. The van der Waals surface area contributed by atoms with Crippen LogP contribution < -0.4 is 0 Å². The van der Waals surface area contributed by atoms with Gasteiger partial charge in [-0.05, 0) is 31.2 Å². The number of aldehydes is 1. The van der Waals surface area contributed by atoms with Gasteiger partial charge in [0, 0.05) is 16.7 Å². The highest BCUT2D eigenvalue weighted by atomic mass is 32.2. The van der Waals surface area contributed by atoms with Gasteiger partial charge < -0.3 is 0 Å². The molecule has 0 fully saturated rings. The molecule has 1 aromatic heterocycles. The molecule has 0 spiro atoms. The molecule has 0 aliphatic carbocycles. The fourth-order valence-corrected chi connectivity index (χ4v) is 2.84. The average molecular weight is 306 g/mol. The van der Waals surface area contributed by atoms with Crippen LogP contribution in [0.3, 0.4) is 0 Å². The fourth-order valence-electron chi connectivity index (χ4n) is 2.38. The van der Waals surface area contributed by atoms with E-state index in [0.29, 0.717) is 21.7 Å². The van der Waals surface area contributed by atoms with E-state index in [2.05, 4.69) is 18.9 Å². The molecule has 5 heteroatoms. The molecule has 1 aromatic carbocycles. The van der Waals surface area contributed by atoms with Gasteiger partial charge in [0.1, 0.15) is 11.5 Å². The zero-order chi connectivity index (χ0) is 15.4. The first kappa shape index (κ1) is 15.8. The van der Waals surface area contributed by atoms with E-state index in [1.165, 1.54) is 17.8 Å². The lowest BCUT2D eigenvalue weighted by atomic mass is 10.1. The van der Waals surface area contributed by atoms with Crippen LogP contribution in [0.4, 0.5) is 4.39 Å². The Morgan fingerprint density at radius 3 is 2.62 bits per heavy atom. The molecule has 1 heterocycles. The molecule has 21 heavy (non-hydrogen) atoms. The normalized spacial score (nSPS) is 11.1. The number of aromatic nitrogens is 2. The quantitative estimate of drug-likeness (QED) is 0.578. The molecule has 0 bridgehead atoms. The SMILES string of the molecule is CCC(CC)n1cc(C=O)c(-c2ccc(SC)c(F)c2)n1. The van der Waals surface area contributed by atoms with Gasteiger partial charge in [0.05, 0.1) is 11.6 Å². The van der Waals surface area contributed by atoms with Crippen molar-refractivity contribution in [3.63, 3.8) is 0 Å². The van der Waals surface area contributed by atoms with Crippen LogP contribution in [0.15, 0.2) is 29.3 Å². The Morgan fingerprint density at radius 2 is 2.10 bits per heavy atom. The van der Waals surface area contributed by atoms with Crippen LogP contribution in [0.5, 0.6) is 0 Å². The molecule has 0 atom stereocenters. The van der Waals surface area contributed by atoms with Gasteiger partial charge in [-0.1, -0.05) is 19.9 Å². The topological polar surface area (TPSA) is 34.9 Å². The summed E-state index contributed by atoms with van der Waals surface area (Å²) in [5.41, 5.74) is 1.68. The lowest BCUT2D eigenvalue weighted by molar-refractivity contribution is 0.112. The molecule has 112 valence electrons. The number of carbonyl (C=O) groups is 1. The summed E-state index contributed by atoms with van der Waals surface area (Å²) in [6, 6.07) is 5.23. The van der Waals surface area contributed by atoms with Crippen molar-refractivity contribution in [2.45, 2.75) is 37.6 Å². The van der Waals surface area contributed by atoms with Gasteiger partial charge in [0.2, 0.25) is 0 Å². The first-order valence-corrected chi connectivity index (χ1v) is 8.25. The summed E-state index contributed by atoms with van der Waals surface area (Å²) in [6.07, 6.45) is 6.24. The van der Waals surface area contributed by atoms with Gasteiger partial charge in [-0.2, -0.15) is 5.10 Å². The second-order valence-electron chi connectivity index (χ2n) is 4.85. The third-order valence-electron chi connectivity index (χ3n) is 3.63. The number of thioether (sulfide) groups is 1. The molecule has 3 nitrogen and oxygen atoms in total. The second-order valence-corrected chi connectivity index (χ2v) is 5.70. The highest BCUT2D eigenvalue weighted by Crippen LogP contribution is 2.28. The molecule has 2 aromatic rings. The van der Waals surface area contributed by atoms with Gasteiger partial charge in [-0.25, -0.2) is 4.39 Å². The smallest absolute Gasteiger partial charge is 0.153 e. The van der Waals surface area contributed by atoms with E-state index in [9.17, 15) is 9.18 Å². The van der Waals surface area contributed by atoms with E-state index in [-0.39, 0.29) is 11.9 Å². The molecule has 0 saturated heterocycles. The number of carbonyl (C=O) groups excluding carboxylic acids is 1. The second kappa shape index (κ2) is 6.89. The van der Waals surface area contributed by atoms with Crippen LogP contribution in [0, 0.1) is 5.82 Å². The third kappa shape index (κ3) is 3.18. The van der Waals surface area contributed by atoms with Crippen molar-refractivity contribution in [3.05, 3.63) is 35.8 Å². The summed E-state index contributed by atoms with van der Waals surface area (Å²) in [5.74, 6) is -0.283. The van der Waals surface area contributed by atoms with Crippen molar-refractivity contribution >= 4 is 18.0 Å². The largest absolute Gasteiger partial charge is 0.298 e. The zero-order valence-corrected chi connectivity index (χ0v) is 13.3. The minimum absolute atomic E-state index is 0.257. The van der Waals surface area contributed by atoms with Crippen molar-refractivity contribution in [2.75, 3.05) is 6.26 Å². The van der Waals surface area contributed by atoms with Crippen LogP contribution in [0.1, 0.15) is 43.1 Å². The summed E-state index contributed by atoms with van der Waals surface area (Å²) >= 11 is 1.36. The maximum absolute atomic E-state index is 13.9. The molecule has 0 unspecified atom stereocenters. The molecule has 0 saturated carbocycles. The maximum Gasteiger partial charge on any atom is 0.153 e. The summed E-state index contributed by atoms with van der Waals surface area (Å²) < 4.78 is 15.7. The first-order valence-electron chi connectivity index (χ1n) is 7.02. The standard InChI is InChI=1S/C16H19FN2OS/c1-4-13(5-2)19-9-12(10-20)16(18-19)11-6-7-15(21-3)14(17)8-11/h6-10,13H,4-5H2,1-3H3. The molecule has 0 amide bonds. The number of benzene rings is 1. The highest BCUT2D eigenvalue weighted by Gasteiger charge is 2.16. The molecule has 0 aliphatic rings. The summed E-state index contributed by atoms with van der Waals surface area (Å²) in [4.78, 5) is 11.9. The van der Waals surface area contributed by atoms with Gasteiger partial charge in [0.25, 0.3) is 0 Å². The molecular weight excluding hydrogens is 287 g/mol. The van der Waals surface area contributed by atoms with Crippen molar-refractivity contribution in [3.8, 4) is 11.3 Å². The average Bonchev–Trinajstić information content (AvgIpc) is 2.92. The lowest BCUT2D eigenvalue weighted by Crippen LogP contribution is -2.07. The predicted molar refractivity (Wildman–Crippen MR) is 84.4 cm³/mol. The summed E-state index contributed by atoms with van der Waals surface area (Å²) in [7, 11) is 0. The Kier molecular flexibility index (Phi) is 5.17. The monoisotopic (exact) mass is 306 g/mol. The Hall–Kier alpha value is -1.62. The highest BCUT2D eigenvalue weighted by molar-refractivity contribution is 7.98. The fraction of sp³-hybridized carbons (Fsp3) is 0.375. The van der Waals surface area contributed by atoms with Crippen molar-refractivity contribution < 1.29 is 9.18 Å². The molecule has 0 radical (unpaired) electrons. The zero-order valence-electron chi connectivity index (χ0n) is 12.5. The van der Waals surface area contributed by atoms with E-state index in [1.807, 2.05) is 17.0 Å². The van der Waals surface area contributed by atoms with Gasteiger partial charge in [-0.15, -0.1) is 11.8 Å². The molecule has 2 rings (SSSR count). The van der Waals surface area contributed by atoms with Crippen LogP contribution >= 0.6 is 11.8 Å². The van der Waals surface area contributed by atoms with E-state index in [4.69, 9.17) is 0 Å². The number of rotatable bonds is 6. The first-order chi connectivity index (χ1) is 10.1. The van der Waals surface area contributed by atoms with Crippen LogP contribution in [-0.2, 0) is 0 Å². The molecular formula is C16H19FN2OS. The summed E-state index contributed by atoms with van der Waals surface area (Å²) in [6.45, 7) is 4.17.